The molecule has 0 spiro atoms. The fourth-order valence-corrected chi connectivity index (χ4v) is 17.8. The second-order valence-electron chi connectivity index (χ2n) is 39.3. The third kappa shape index (κ3) is 32.6. The first-order valence-corrected chi connectivity index (χ1v) is 50.8. The average Bonchev–Trinajstić information content (AvgIpc) is 0.823. The van der Waals surface area contributed by atoms with Gasteiger partial charge in [0.05, 0.1) is 0 Å². The topological polar surface area (TPSA) is 0 Å². The van der Waals surface area contributed by atoms with Crippen LogP contribution in [-0.2, 0) is 0 Å². The van der Waals surface area contributed by atoms with E-state index in [1.807, 2.05) is 0 Å². The van der Waals surface area contributed by atoms with Crippen molar-refractivity contribution in [1.82, 2.24) is 0 Å². The van der Waals surface area contributed by atoms with E-state index in [0.717, 1.165) is 0 Å². The van der Waals surface area contributed by atoms with Gasteiger partial charge in [-0.2, -0.15) is 0 Å². The van der Waals surface area contributed by atoms with Gasteiger partial charge < -0.3 is 0 Å². The van der Waals surface area contributed by atoms with Crippen molar-refractivity contribution in [3.63, 3.8) is 0 Å². The van der Waals surface area contributed by atoms with E-state index in [2.05, 4.69) is 617 Å². The average molecular weight is 1880 g/mol. The first-order valence-electron chi connectivity index (χ1n) is 50.8. The van der Waals surface area contributed by atoms with Crippen molar-refractivity contribution < 1.29 is 0 Å². The molecular weight excluding hydrogens is 1730 g/mol. The van der Waals surface area contributed by atoms with Crippen LogP contribution in [0.2, 0.25) is 0 Å². The minimum absolute atomic E-state index is 1.33. The molecule has 23 rings (SSSR count). The molecule has 0 aliphatic carbocycles. The quantitative estimate of drug-likeness (QED) is 0.142. The summed E-state index contributed by atoms with van der Waals surface area (Å²) in [5.74, 6) is 0. The predicted molar refractivity (Wildman–Crippen MR) is 642 cm³/mol. The molecule has 726 valence electrons. The molecule has 0 unspecified atom stereocenters. The van der Waals surface area contributed by atoms with Crippen molar-refractivity contribution in [3.05, 3.63) is 581 Å². The van der Waals surface area contributed by atoms with Gasteiger partial charge in [0.1, 0.15) is 0 Å². The van der Waals surface area contributed by atoms with Crippen molar-refractivity contribution in [2.75, 3.05) is 0 Å². The number of hydrogen-bond acceptors (Lipinski definition) is 0. The van der Waals surface area contributed by atoms with Gasteiger partial charge in [-0.15, -0.1) is 0 Å². The van der Waals surface area contributed by atoms with Crippen molar-refractivity contribution in [2.45, 2.75) is 180 Å². The first kappa shape index (κ1) is 109. The van der Waals surface area contributed by atoms with Gasteiger partial charge in [-0.3, -0.25) is 0 Å². The molecule has 0 saturated carbocycles. The van der Waals surface area contributed by atoms with E-state index in [0.29, 0.717) is 0 Å². The summed E-state index contributed by atoms with van der Waals surface area (Å²) in [5.41, 5.74) is 35.1. The van der Waals surface area contributed by atoms with E-state index < -0.39 is 0 Å². The van der Waals surface area contributed by atoms with Gasteiger partial charge >= 0.3 is 0 Å². The van der Waals surface area contributed by atoms with E-state index in [4.69, 9.17) is 0 Å². The van der Waals surface area contributed by atoms with Gasteiger partial charge in [0.25, 0.3) is 0 Å². The molecular formula is C144H150. The molecule has 0 aliphatic heterocycles. The Morgan fingerprint density at radius 3 is 0.778 bits per heavy atom. The Morgan fingerprint density at radius 1 is 0.0903 bits per heavy atom. The van der Waals surface area contributed by atoms with Gasteiger partial charge in [-0.05, 0) is 371 Å². The molecule has 0 heterocycles. The zero-order chi connectivity index (χ0) is 103. The summed E-state index contributed by atoms with van der Waals surface area (Å²) < 4.78 is 0. The van der Waals surface area contributed by atoms with Crippen molar-refractivity contribution in [3.8, 4) is 0 Å². The van der Waals surface area contributed by atoms with Gasteiger partial charge in [0.15, 0.2) is 0 Å². The zero-order valence-electron chi connectivity index (χ0n) is 90.6. The lowest BCUT2D eigenvalue weighted by Gasteiger charge is -2.04. The molecule has 0 saturated heterocycles. The highest BCUT2D eigenvalue weighted by Gasteiger charge is 2.06. The van der Waals surface area contributed by atoms with Crippen LogP contribution in [0, 0.1) is 180 Å². The Balaban J connectivity index is 0.000000149. The fourth-order valence-electron chi connectivity index (χ4n) is 17.8. The van der Waals surface area contributed by atoms with Crippen LogP contribution in [-0.4, -0.2) is 0 Å². The van der Waals surface area contributed by atoms with Crippen LogP contribution in [0.5, 0.6) is 0 Å². The summed E-state index contributed by atoms with van der Waals surface area (Å²) in [7, 11) is 0. The Kier molecular flexibility index (Phi) is 40.9. The van der Waals surface area contributed by atoms with E-state index >= 15 is 0 Å². The van der Waals surface area contributed by atoms with Crippen LogP contribution in [0.3, 0.4) is 0 Å². The number of benzene rings is 23. The second kappa shape index (κ2) is 54.0. The van der Waals surface area contributed by atoms with Gasteiger partial charge in [0, 0.05) is 0 Å². The Bertz CT molecular complexity index is 7740. The van der Waals surface area contributed by atoms with Gasteiger partial charge in [-0.25, -0.2) is 0 Å². The summed E-state index contributed by atoms with van der Waals surface area (Å²) in [6.07, 6.45) is 0. The van der Waals surface area contributed by atoms with Crippen LogP contribution in [0.25, 0.3) is 108 Å². The minimum Gasteiger partial charge on any atom is -0.0620 e. The monoisotopic (exact) mass is 1880 g/mol. The third-order valence-electron chi connectivity index (χ3n) is 26.7. The molecule has 0 bridgehead atoms. The molecule has 23 aromatic carbocycles. The maximum atomic E-state index is 2.24. The molecule has 0 nitrogen and oxygen atoms in total. The standard InChI is InChI=1S/10C12H12.3C8H10/c1-9-3-5-12-8-10(2)4-6-11(12)7-9;1-9-3-5-11-6-4-10(2)8-12(11)7-9;1-9-5-3-8-12-10(2)6-4-7-11(9)12;1-9-5-3-7-11-8-4-6-10(2)12(9)11;1-9-6-7-12-10(2)4-3-5-11(12)8-9;1-9-6-7-11-5-3-4-10(2)12(11)8-9;1-9-7-11-5-3-4-6-12(11)8-10(9)2;1-9-7-10(2)12-6-4-3-5-11(12)8-9;1-9-7-8-11-5-3-4-6-12(11)10(9)2;1-9-7-8-10(2)12-6-4-3-5-11(9)12;1-7-3-5-8(2)6-4-7;1-7-4-3-5-8(2)6-7;1-7-5-3-4-6-8(7)2/h10*3-8H,1-2H3;3*3-6H,1-2H3. The number of fused-ring (bicyclic) bond motifs is 10. The maximum Gasteiger partial charge on any atom is -0.0125 e. The zero-order valence-corrected chi connectivity index (χ0v) is 90.6. The lowest BCUT2D eigenvalue weighted by atomic mass is 10.0. The number of rotatable bonds is 0. The van der Waals surface area contributed by atoms with Crippen molar-refractivity contribution in [2.24, 2.45) is 0 Å². The summed E-state index contributed by atoms with van der Waals surface area (Å²) in [4.78, 5) is 0. The van der Waals surface area contributed by atoms with Crippen LogP contribution in [0.15, 0.2) is 437 Å². The Morgan fingerprint density at radius 2 is 0.340 bits per heavy atom. The lowest BCUT2D eigenvalue weighted by molar-refractivity contribution is 1.34. The molecule has 0 aliphatic rings. The normalized spacial score (nSPS) is 10.3. The minimum atomic E-state index is 1.33. The van der Waals surface area contributed by atoms with E-state index in [1.54, 1.807) is 0 Å². The second-order valence-corrected chi connectivity index (χ2v) is 39.3. The highest BCUT2D eigenvalue weighted by atomic mass is 14.1. The first-order chi connectivity index (χ1) is 69.1. The summed E-state index contributed by atoms with van der Waals surface area (Å²) in [5, 5.41) is 27.1. The summed E-state index contributed by atoms with van der Waals surface area (Å²) >= 11 is 0. The molecule has 0 heteroatoms. The highest BCUT2D eigenvalue weighted by molar-refractivity contribution is 5.93. The van der Waals surface area contributed by atoms with Crippen molar-refractivity contribution in [1.29, 1.82) is 0 Å². The third-order valence-corrected chi connectivity index (χ3v) is 26.7. The van der Waals surface area contributed by atoms with Gasteiger partial charge in [0.2, 0.25) is 0 Å². The maximum absolute atomic E-state index is 2.24. The van der Waals surface area contributed by atoms with Crippen LogP contribution >= 0.6 is 0 Å². The lowest BCUT2D eigenvalue weighted by Crippen LogP contribution is -1.82. The Hall–Kier alpha value is -15.3. The van der Waals surface area contributed by atoms with Crippen LogP contribution in [0.1, 0.15) is 145 Å². The molecule has 23 aromatic rings. The number of hydrogen-bond donors (Lipinski definition) is 0. The highest BCUT2D eigenvalue weighted by Crippen LogP contribution is 2.29. The molecule has 0 aromatic heterocycles. The Labute approximate surface area is 862 Å². The van der Waals surface area contributed by atoms with E-state index in [9.17, 15) is 0 Å². The molecule has 0 fully saturated rings. The molecule has 0 N–H and O–H groups in total. The van der Waals surface area contributed by atoms with Gasteiger partial charge in [-0.1, -0.05) is 498 Å². The molecule has 144 heavy (non-hydrogen) atoms. The fraction of sp³-hybridized carbons (Fsp3) is 0.181. The van der Waals surface area contributed by atoms with E-state index in [1.165, 1.54) is 252 Å². The van der Waals surface area contributed by atoms with Crippen LogP contribution in [0.4, 0.5) is 0 Å². The smallest absolute Gasteiger partial charge is 0.0125 e. The molecule has 0 radical (unpaired) electrons. The van der Waals surface area contributed by atoms with E-state index in [-0.39, 0.29) is 0 Å². The summed E-state index contributed by atoms with van der Waals surface area (Å²) in [6.45, 7) is 55.6. The van der Waals surface area contributed by atoms with Crippen LogP contribution < -0.4 is 0 Å². The molecule has 0 amide bonds. The summed E-state index contributed by atoms with van der Waals surface area (Å²) in [6, 6.07) is 155. The largest absolute Gasteiger partial charge is 0.0620 e. The predicted octanol–water partition coefficient (Wildman–Crippen LogP) is 41.5. The SMILES string of the molecule is Cc1cc(C)c2ccccc2c1.Cc1cc2ccccc2cc1C.Cc1ccc(C)c2ccccc12.Cc1ccc(C)cc1.Cc1ccc2c(C)cccc2c1.Cc1ccc2cc(C)ccc2c1.Cc1ccc2ccc(C)cc2c1.Cc1ccc2cccc(C)c2c1.Cc1ccc2ccccc2c1C.Cc1cccc(C)c1.Cc1cccc2c(C)cccc12.Cc1cccc2cccc(C)c12.Cc1ccccc1C. The van der Waals surface area contributed by atoms with Crippen molar-refractivity contribution >= 4 is 108 Å². The molecule has 0 atom stereocenters. The number of aryl methyl sites for hydroxylation is 26.